The first kappa shape index (κ1) is 10.9. The Hall–Kier alpha value is -0.120. The van der Waals surface area contributed by atoms with Crippen LogP contribution in [0.1, 0.15) is 19.8 Å². The number of rotatable bonds is 7. The van der Waals surface area contributed by atoms with Gasteiger partial charge >= 0.3 is 0 Å². The Morgan fingerprint density at radius 2 is 2.00 bits per heavy atom. The van der Waals surface area contributed by atoms with Gasteiger partial charge in [-0.2, -0.15) is 0 Å². The van der Waals surface area contributed by atoms with Crippen molar-refractivity contribution in [3.05, 3.63) is 0 Å². The molecule has 1 unspecified atom stereocenters. The lowest BCUT2D eigenvalue weighted by Crippen LogP contribution is -2.25. The Kier molecular flexibility index (Phi) is 7.89. The minimum atomic E-state index is 0.692. The van der Waals surface area contributed by atoms with Gasteiger partial charge in [0.2, 0.25) is 0 Å². The molecule has 0 aliphatic heterocycles. The highest BCUT2D eigenvalue weighted by molar-refractivity contribution is 4.57. The van der Waals surface area contributed by atoms with E-state index in [-0.39, 0.29) is 0 Å². The average molecular weight is 159 g/mol. The summed E-state index contributed by atoms with van der Waals surface area (Å²) in [7, 11) is 0. The van der Waals surface area contributed by atoms with Crippen LogP contribution in [0.4, 0.5) is 0 Å². The van der Waals surface area contributed by atoms with Crippen molar-refractivity contribution in [1.29, 1.82) is 0 Å². The maximum Gasteiger partial charge on any atom is -0.00227 e. The lowest BCUT2D eigenvalue weighted by molar-refractivity contribution is 0.484. The van der Waals surface area contributed by atoms with E-state index < -0.39 is 0 Å². The van der Waals surface area contributed by atoms with Gasteiger partial charge in [0, 0.05) is 0 Å². The van der Waals surface area contributed by atoms with Crippen molar-refractivity contribution < 1.29 is 0 Å². The number of nitrogens with one attached hydrogen (secondary N) is 1. The molecule has 3 nitrogen and oxygen atoms in total. The molecule has 0 spiro atoms. The minimum Gasteiger partial charge on any atom is -0.330 e. The van der Waals surface area contributed by atoms with Crippen molar-refractivity contribution >= 4 is 0 Å². The monoisotopic (exact) mass is 159 g/mol. The molecule has 0 bridgehead atoms. The summed E-state index contributed by atoms with van der Waals surface area (Å²) in [6, 6.07) is 0. The van der Waals surface area contributed by atoms with Crippen LogP contribution in [0.15, 0.2) is 0 Å². The van der Waals surface area contributed by atoms with Crippen molar-refractivity contribution in [3.8, 4) is 0 Å². The summed E-state index contributed by atoms with van der Waals surface area (Å²) >= 11 is 0. The second kappa shape index (κ2) is 7.98. The van der Waals surface area contributed by atoms with Crippen LogP contribution in [0.25, 0.3) is 0 Å². The number of nitrogens with two attached hydrogens (primary N) is 2. The molecule has 0 aromatic heterocycles. The van der Waals surface area contributed by atoms with Gasteiger partial charge in [-0.3, -0.25) is 0 Å². The van der Waals surface area contributed by atoms with Gasteiger partial charge in [0.05, 0.1) is 0 Å². The van der Waals surface area contributed by atoms with Gasteiger partial charge in [-0.1, -0.05) is 6.92 Å². The maximum absolute atomic E-state index is 5.41. The SMILES string of the molecule is CC(CCN)CNCCCN. The minimum absolute atomic E-state index is 0.692. The molecule has 0 saturated carbocycles. The van der Waals surface area contributed by atoms with Crippen LogP contribution in [0.2, 0.25) is 0 Å². The van der Waals surface area contributed by atoms with Gasteiger partial charge in [-0.05, 0) is 44.9 Å². The van der Waals surface area contributed by atoms with Crippen molar-refractivity contribution in [2.24, 2.45) is 17.4 Å². The lowest BCUT2D eigenvalue weighted by atomic mass is 10.1. The zero-order chi connectivity index (χ0) is 8.53. The molecule has 0 aromatic rings. The van der Waals surface area contributed by atoms with Crippen LogP contribution in [0, 0.1) is 5.92 Å². The van der Waals surface area contributed by atoms with Gasteiger partial charge in [-0.15, -0.1) is 0 Å². The summed E-state index contributed by atoms with van der Waals surface area (Å²) in [6.45, 7) is 5.88. The molecule has 0 rings (SSSR count). The summed E-state index contributed by atoms with van der Waals surface area (Å²) in [5.41, 5.74) is 10.8. The first-order chi connectivity index (χ1) is 5.31. The molecule has 0 aliphatic rings. The molecule has 0 amide bonds. The zero-order valence-electron chi connectivity index (χ0n) is 7.47. The molecule has 0 saturated heterocycles. The summed E-state index contributed by atoms with van der Waals surface area (Å²) < 4.78 is 0. The fourth-order valence-corrected chi connectivity index (χ4v) is 0.962. The highest BCUT2D eigenvalue weighted by Crippen LogP contribution is 1.96. The summed E-state index contributed by atoms with van der Waals surface area (Å²) in [5.74, 6) is 0.692. The molecule has 0 radical (unpaired) electrons. The molecular weight excluding hydrogens is 138 g/mol. The number of hydrogen-bond donors (Lipinski definition) is 3. The third-order valence-electron chi connectivity index (χ3n) is 1.71. The van der Waals surface area contributed by atoms with Crippen molar-refractivity contribution in [3.63, 3.8) is 0 Å². The molecule has 11 heavy (non-hydrogen) atoms. The first-order valence-electron chi connectivity index (χ1n) is 4.42. The molecule has 0 fully saturated rings. The standard InChI is InChI=1S/C8H21N3/c1-8(3-5-10)7-11-6-2-4-9/h8,11H,2-7,9-10H2,1H3. The van der Waals surface area contributed by atoms with Gasteiger partial charge < -0.3 is 16.8 Å². The molecule has 0 aromatic carbocycles. The molecular formula is C8H21N3. The molecule has 68 valence electrons. The third kappa shape index (κ3) is 7.78. The van der Waals surface area contributed by atoms with E-state index in [2.05, 4.69) is 12.2 Å². The quantitative estimate of drug-likeness (QED) is 0.455. The van der Waals surface area contributed by atoms with Gasteiger partial charge in [-0.25, -0.2) is 0 Å². The number of hydrogen-bond acceptors (Lipinski definition) is 3. The summed E-state index contributed by atoms with van der Waals surface area (Å²) in [5, 5.41) is 3.34. The average Bonchev–Trinajstić information content (AvgIpc) is 1.99. The predicted octanol–water partition coefficient (Wildman–Crippen LogP) is -0.0903. The first-order valence-corrected chi connectivity index (χ1v) is 4.42. The van der Waals surface area contributed by atoms with Crippen LogP contribution in [0.3, 0.4) is 0 Å². The van der Waals surface area contributed by atoms with E-state index in [0.717, 1.165) is 39.0 Å². The Balaban J connectivity index is 2.97. The topological polar surface area (TPSA) is 64.1 Å². The van der Waals surface area contributed by atoms with Gasteiger partial charge in [0.1, 0.15) is 0 Å². The van der Waals surface area contributed by atoms with E-state index in [1.54, 1.807) is 0 Å². The van der Waals surface area contributed by atoms with Crippen LogP contribution in [0.5, 0.6) is 0 Å². The normalized spacial score (nSPS) is 13.4. The van der Waals surface area contributed by atoms with E-state index in [1.165, 1.54) is 0 Å². The van der Waals surface area contributed by atoms with Crippen molar-refractivity contribution in [2.75, 3.05) is 26.2 Å². The smallest absolute Gasteiger partial charge is 0.00227 e. The highest BCUT2D eigenvalue weighted by atomic mass is 14.9. The maximum atomic E-state index is 5.41. The molecule has 5 N–H and O–H groups in total. The van der Waals surface area contributed by atoms with Crippen molar-refractivity contribution in [2.45, 2.75) is 19.8 Å². The van der Waals surface area contributed by atoms with Gasteiger partial charge in [0.15, 0.2) is 0 Å². The van der Waals surface area contributed by atoms with E-state index >= 15 is 0 Å². The van der Waals surface area contributed by atoms with Crippen molar-refractivity contribution in [1.82, 2.24) is 5.32 Å². The van der Waals surface area contributed by atoms with Gasteiger partial charge in [0.25, 0.3) is 0 Å². The van der Waals surface area contributed by atoms with E-state index in [4.69, 9.17) is 11.5 Å². The Labute approximate surface area is 69.5 Å². The molecule has 0 aliphatic carbocycles. The largest absolute Gasteiger partial charge is 0.330 e. The summed E-state index contributed by atoms with van der Waals surface area (Å²) in [6.07, 6.45) is 2.17. The second-order valence-electron chi connectivity index (χ2n) is 3.03. The highest BCUT2D eigenvalue weighted by Gasteiger charge is 1.98. The Morgan fingerprint density at radius 1 is 1.27 bits per heavy atom. The van der Waals surface area contributed by atoms with E-state index in [0.29, 0.717) is 5.92 Å². The Bertz CT molecular complexity index is 75.7. The fourth-order valence-electron chi connectivity index (χ4n) is 0.962. The molecule has 3 heteroatoms. The molecule has 1 atom stereocenters. The second-order valence-corrected chi connectivity index (χ2v) is 3.03. The lowest BCUT2D eigenvalue weighted by Gasteiger charge is -2.10. The zero-order valence-corrected chi connectivity index (χ0v) is 7.47. The van der Waals surface area contributed by atoms with E-state index in [1.807, 2.05) is 0 Å². The molecule has 0 heterocycles. The van der Waals surface area contributed by atoms with E-state index in [9.17, 15) is 0 Å². The third-order valence-corrected chi connectivity index (χ3v) is 1.71. The van der Waals surface area contributed by atoms with Crippen LogP contribution >= 0.6 is 0 Å². The van der Waals surface area contributed by atoms with Crippen LogP contribution in [-0.4, -0.2) is 26.2 Å². The van der Waals surface area contributed by atoms with Crippen LogP contribution in [-0.2, 0) is 0 Å². The van der Waals surface area contributed by atoms with Crippen LogP contribution < -0.4 is 16.8 Å². The Morgan fingerprint density at radius 3 is 2.55 bits per heavy atom. The summed E-state index contributed by atoms with van der Waals surface area (Å²) in [4.78, 5) is 0. The predicted molar refractivity (Wildman–Crippen MR) is 49.4 cm³/mol. The fraction of sp³-hybridized carbons (Fsp3) is 1.00.